The molecule has 0 aromatic heterocycles. The summed E-state index contributed by atoms with van der Waals surface area (Å²) >= 11 is 0. The molecule has 0 rings (SSSR count). The topological polar surface area (TPSA) is 261 Å². The van der Waals surface area contributed by atoms with Gasteiger partial charge in [0.05, 0.1) is 71.2 Å². The Balaban J connectivity index is -0.000000179. The van der Waals surface area contributed by atoms with E-state index in [0.29, 0.717) is 0 Å². The van der Waals surface area contributed by atoms with E-state index in [1.807, 2.05) is 0 Å². The third kappa shape index (κ3) is 45.4. The number of rotatable bonds is 26. The van der Waals surface area contributed by atoms with E-state index in [4.69, 9.17) is 35.5 Å². The first-order chi connectivity index (χ1) is 19.9. The summed E-state index contributed by atoms with van der Waals surface area (Å²) in [7, 11) is 12.4. The fourth-order valence-electron chi connectivity index (χ4n) is 2.25. The molecule has 4 unspecified atom stereocenters. The van der Waals surface area contributed by atoms with Crippen molar-refractivity contribution in [2.24, 2.45) is 11.5 Å². The van der Waals surface area contributed by atoms with Crippen molar-refractivity contribution in [3.63, 3.8) is 0 Å². The van der Waals surface area contributed by atoms with E-state index < -0.39 is 42.3 Å². The molecule has 17 nitrogen and oxygen atoms in total. The summed E-state index contributed by atoms with van der Waals surface area (Å²) in [4.78, 5) is 20.7. The number of carbonyl (C=O) groups is 2. The molecule has 0 heterocycles. The van der Waals surface area contributed by atoms with Crippen LogP contribution in [0.4, 0.5) is 0 Å². The van der Waals surface area contributed by atoms with Crippen LogP contribution in [0.1, 0.15) is 12.8 Å². The minimum atomic E-state index is -0.809. The van der Waals surface area contributed by atoms with Crippen LogP contribution in [0.2, 0.25) is 0 Å². The average molecular weight is 1150 g/mol. The quantitative estimate of drug-likeness (QED) is 0.0333. The molecule has 0 aliphatic carbocycles. The van der Waals surface area contributed by atoms with Gasteiger partial charge in [-0.3, -0.25) is 9.59 Å². The first-order valence-corrected chi connectivity index (χ1v) is 12.7. The van der Waals surface area contributed by atoms with E-state index in [0.717, 1.165) is 0 Å². The number of nitrogens with two attached hydrogens (primary N) is 2. The van der Waals surface area contributed by atoms with E-state index in [-0.39, 0.29) is 92.1 Å². The van der Waals surface area contributed by atoms with Crippen molar-refractivity contribution in [2.45, 2.75) is 43.4 Å². The molecule has 44 heavy (non-hydrogen) atoms. The second-order valence-corrected chi connectivity index (χ2v) is 8.41. The minimum Gasteiger partial charge on any atom is -0.553 e. The molecule has 9 N–H and O–H groups in total. The Morgan fingerprint density at radius 2 is 0.659 bits per heavy atom. The van der Waals surface area contributed by atoms with Crippen molar-refractivity contribution in [3.8, 4) is 0 Å². The number of amides is 2. The molecule has 19 heteroatoms. The van der Waals surface area contributed by atoms with Crippen molar-refractivity contribution in [2.75, 3.05) is 79.3 Å². The Kier molecular flexibility index (Phi) is 42.6. The Morgan fingerprint density at radius 1 is 0.455 bits per heavy atom. The van der Waals surface area contributed by atoms with Crippen LogP contribution in [0.25, 0.3) is 0 Å². The number of ether oxygens (including phenoxy) is 8. The molecule has 0 aromatic rings. The molecule has 0 aliphatic rings. The van der Waals surface area contributed by atoms with Gasteiger partial charge in [0.15, 0.2) is 0 Å². The van der Waals surface area contributed by atoms with Crippen LogP contribution in [0, 0.1) is 28.4 Å². The number of hydrogen-bond acceptors (Lipinski definition) is 15. The standard InChI is InChI=1S/2C10H20NO6.C5H10O3.2Rf/c2*1-15-4-8(12)6-17-7-9(13)5-16-3-2-10(11)14;1-7-3-5(6)4-8-2;;/h2*8-9,12-13H,1-7H2,(H2,11,14);5-6H,1-4H2;;/q2*-1;-2;;. The molecule has 0 saturated heterocycles. The molecule has 0 bridgehead atoms. The summed E-state index contributed by atoms with van der Waals surface area (Å²) < 4.78 is 37.6. The molecule has 0 radical (unpaired) electrons. The second-order valence-electron chi connectivity index (χ2n) is 8.41. The number of carbonyl (C=O) groups excluding carboxylic acids is 2. The summed E-state index contributed by atoms with van der Waals surface area (Å²) in [5.41, 5.74) is 9.80. The van der Waals surface area contributed by atoms with Gasteiger partial charge in [-0.15, -0.1) is 0 Å². The Morgan fingerprint density at radius 3 is 0.886 bits per heavy atom. The summed E-state index contributed by atoms with van der Waals surface area (Å²) in [5, 5.41) is 45.8. The third-order valence-corrected chi connectivity index (χ3v) is 4.09. The zero-order valence-corrected chi connectivity index (χ0v) is 38.3. The van der Waals surface area contributed by atoms with Gasteiger partial charge in [0.2, 0.25) is 11.8 Å². The third-order valence-electron chi connectivity index (χ3n) is 4.09. The zero-order chi connectivity index (χ0) is 32.6. The van der Waals surface area contributed by atoms with Gasteiger partial charge in [0, 0.05) is 39.3 Å². The van der Waals surface area contributed by atoms with Crippen molar-refractivity contribution in [1.82, 2.24) is 0 Å². The molecule has 0 aromatic carbocycles. The summed E-state index contributed by atoms with van der Waals surface area (Å²) in [5.74, 6) is -0.904. The predicted octanol–water partition coefficient (Wildman–Crippen LogP) is -3.19. The monoisotopic (exact) mass is 1150 g/mol. The largest absolute Gasteiger partial charge is 0.553 e. The first-order valence-electron chi connectivity index (χ1n) is 12.7. The van der Waals surface area contributed by atoms with Gasteiger partial charge in [-0.2, -0.15) is 0 Å². The molecule has 0 aliphatic heterocycles. The average Bonchev–Trinajstić information content (AvgIpc) is 2.90. The van der Waals surface area contributed by atoms with E-state index in [1.54, 1.807) is 0 Å². The Bertz CT molecular complexity index is 556. The first kappa shape index (κ1) is 50.1. The van der Waals surface area contributed by atoms with Gasteiger partial charge in [-0.1, -0.05) is 0 Å². The van der Waals surface area contributed by atoms with Gasteiger partial charge >= 0.3 is 0 Å². The van der Waals surface area contributed by atoms with Gasteiger partial charge < -0.3 is 74.9 Å². The van der Waals surface area contributed by atoms with Gasteiger partial charge in [0.1, 0.15) is 12.2 Å². The minimum absolute atomic E-state index is 0. The van der Waals surface area contributed by atoms with E-state index >= 15 is 0 Å². The molecule has 0 spiro atoms. The zero-order valence-electron chi connectivity index (χ0n) is 25.5. The SMILES string of the molecule is [CH2-]OCC(O)COCC(O)COCCC(N)=O.[CH2-]OCC(O)COCC(O)COCCC(N)=O.[CH2-]OCC(O)CO[CH2-].[Rf].[Rf]. The number of aliphatic hydroxyl groups excluding tert-OH is 5. The number of primary amides is 2. The van der Waals surface area contributed by atoms with Crippen molar-refractivity contribution >= 4 is 11.8 Å². The van der Waals surface area contributed by atoms with Crippen LogP contribution in [0.15, 0.2) is 0 Å². The summed E-state index contributed by atoms with van der Waals surface area (Å²) in [6.45, 7) is 1.14. The molecule has 0 saturated carbocycles. The predicted molar refractivity (Wildman–Crippen MR) is 146 cm³/mol. The van der Waals surface area contributed by atoms with Crippen LogP contribution in [0.5, 0.6) is 0 Å². The fourth-order valence-corrected chi connectivity index (χ4v) is 2.25. The molecule has 2 amide bonds. The maximum Gasteiger partial charge on any atom is 0.219 e. The van der Waals surface area contributed by atoms with Crippen LogP contribution >= 0.6 is 0 Å². The van der Waals surface area contributed by atoms with Crippen LogP contribution in [-0.4, -0.2) is 147 Å². The molecule has 0 fully saturated rings. The normalized spacial score (nSPS) is 13.1. The number of hydrogen-bond donors (Lipinski definition) is 7. The summed E-state index contributed by atoms with van der Waals surface area (Å²) in [6, 6.07) is 0. The van der Waals surface area contributed by atoms with Gasteiger partial charge in [-0.25, -0.2) is 28.4 Å². The van der Waals surface area contributed by atoms with Crippen molar-refractivity contribution < 1.29 is 73.0 Å². The number of aliphatic hydroxyl groups is 5. The maximum absolute atomic E-state index is 10.4. The van der Waals surface area contributed by atoms with Crippen LogP contribution in [-0.2, 0) is 47.5 Å². The van der Waals surface area contributed by atoms with E-state index in [2.05, 4.69) is 47.4 Å². The Hall–Kier alpha value is -3.58. The molecule has 4 atom stereocenters. The van der Waals surface area contributed by atoms with E-state index in [9.17, 15) is 30.0 Å². The smallest absolute Gasteiger partial charge is 0.219 e. The van der Waals surface area contributed by atoms with Crippen molar-refractivity contribution in [1.29, 1.82) is 0 Å². The molecule has 258 valence electrons. The van der Waals surface area contributed by atoms with Crippen LogP contribution < -0.4 is 11.5 Å². The van der Waals surface area contributed by atoms with Crippen LogP contribution in [0.3, 0.4) is 0 Å². The maximum atomic E-state index is 10.4. The molecular weight excluding hydrogens is 1100 g/mol. The van der Waals surface area contributed by atoms with Crippen molar-refractivity contribution in [3.05, 3.63) is 28.4 Å². The second kappa shape index (κ2) is 37.4. The Labute approximate surface area is 247 Å². The fraction of sp³-hybridized carbons (Fsp3) is 0.760. The summed E-state index contributed by atoms with van der Waals surface area (Å²) in [6.07, 6.45) is -3.53. The van der Waals surface area contributed by atoms with Gasteiger partial charge in [0.25, 0.3) is 0 Å². The van der Waals surface area contributed by atoms with Gasteiger partial charge in [-0.05, 0) is 0 Å². The van der Waals surface area contributed by atoms with E-state index in [1.165, 1.54) is 0 Å². The molecular formula is C25H50N2O15Rf2-4.